The van der Waals surface area contributed by atoms with Gasteiger partial charge in [-0.25, -0.2) is 0 Å². The summed E-state index contributed by atoms with van der Waals surface area (Å²) in [5, 5.41) is 0. The zero-order chi connectivity index (χ0) is 15.2. The largest absolute Gasteiger partial charge is 0.493 e. The average molecular weight is 306 g/mol. The summed E-state index contributed by atoms with van der Waals surface area (Å²) in [6.45, 7) is 10.8. The van der Waals surface area contributed by atoms with Gasteiger partial charge in [-0.1, -0.05) is 12.1 Å². The monoisotopic (exact) mass is 306 g/mol. The minimum absolute atomic E-state index is 0.745. The lowest BCUT2D eigenvalue weighted by molar-refractivity contribution is -0.967. The third-order valence-electron chi connectivity index (χ3n) is 5.12. The molecule has 122 valence electrons. The molecule has 0 aromatic heterocycles. The van der Waals surface area contributed by atoms with Gasteiger partial charge in [0.1, 0.15) is 25.4 Å². The van der Waals surface area contributed by atoms with E-state index in [1.165, 1.54) is 44.6 Å². The van der Waals surface area contributed by atoms with E-state index in [9.17, 15) is 0 Å². The fraction of sp³-hybridized carbons (Fsp3) is 0.667. The molecular formula is C18H30N2O2+2. The Hall–Kier alpha value is -1.10. The molecule has 1 aromatic carbocycles. The Morgan fingerprint density at radius 3 is 2.55 bits per heavy atom. The van der Waals surface area contributed by atoms with Gasteiger partial charge in [0.25, 0.3) is 0 Å². The van der Waals surface area contributed by atoms with E-state index >= 15 is 0 Å². The highest BCUT2D eigenvalue weighted by Gasteiger charge is 2.31. The number of piperidine rings is 1. The first-order valence-corrected chi connectivity index (χ1v) is 8.83. The third kappa shape index (κ3) is 4.00. The van der Waals surface area contributed by atoms with Crippen molar-refractivity contribution >= 4 is 0 Å². The minimum atomic E-state index is 0.745. The van der Waals surface area contributed by atoms with Crippen LogP contribution in [0.4, 0.5) is 0 Å². The molecule has 0 unspecified atom stereocenters. The van der Waals surface area contributed by atoms with Crippen LogP contribution in [0.2, 0.25) is 0 Å². The van der Waals surface area contributed by atoms with Crippen LogP contribution < -0.4 is 14.5 Å². The molecule has 4 heteroatoms. The van der Waals surface area contributed by atoms with Crippen LogP contribution in [0.3, 0.4) is 0 Å². The summed E-state index contributed by atoms with van der Waals surface area (Å²) in [6, 6.07) is 9.37. The van der Waals surface area contributed by atoms with Crippen molar-refractivity contribution in [2.75, 3.05) is 46.0 Å². The summed E-state index contributed by atoms with van der Waals surface area (Å²) in [7, 11) is 0. The molecule has 0 radical (unpaired) electrons. The van der Waals surface area contributed by atoms with Crippen molar-refractivity contribution in [1.29, 1.82) is 0 Å². The maximum atomic E-state index is 5.76. The zero-order valence-electron chi connectivity index (χ0n) is 13.8. The maximum absolute atomic E-state index is 5.76. The topological polar surface area (TPSA) is 27.3 Å². The van der Waals surface area contributed by atoms with Gasteiger partial charge in [0.05, 0.1) is 39.0 Å². The Kier molecular flexibility index (Phi) is 5.70. The smallest absolute Gasteiger partial charge is 0.128 e. The first-order chi connectivity index (χ1) is 10.9. The molecule has 0 aliphatic carbocycles. The Bertz CT molecular complexity index is 452. The van der Waals surface area contributed by atoms with Gasteiger partial charge in [0.2, 0.25) is 0 Å². The second kappa shape index (κ2) is 7.95. The molecule has 0 bridgehead atoms. The Morgan fingerprint density at radius 2 is 1.82 bits per heavy atom. The molecule has 1 aromatic rings. The van der Waals surface area contributed by atoms with Crippen molar-refractivity contribution in [3.05, 3.63) is 29.8 Å². The van der Waals surface area contributed by atoms with Gasteiger partial charge in [0.15, 0.2) is 0 Å². The lowest BCUT2D eigenvalue weighted by Crippen LogP contribution is -3.21. The molecular weight excluding hydrogens is 276 g/mol. The molecule has 3 rings (SSSR count). The van der Waals surface area contributed by atoms with Crippen molar-refractivity contribution in [3.8, 4) is 5.75 Å². The summed E-state index contributed by atoms with van der Waals surface area (Å²) in [4.78, 5) is 3.48. The number of rotatable bonds is 5. The average Bonchev–Trinajstić information content (AvgIpc) is 2.58. The van der Waals surface area contributed by atoms with Crippen molar-refractivity contribution in [2.45, 2.75) is 32.4 Å². The van der Waals surface area contributed by atoms with Gasteiger partial charge in [-0.15, -0.1) is 0 Å². The molecule has 0 saturated carbocycles. The predicted octanol–water partition coefficient (Wildman–Crippen LogP) is -0.452. The molecule has 2 aliphatic rings. The van der Waals surface area contributed by atoms with Gasteiger partial charge >= 0.3 is 0 Å². The third-order valence-corrected chi connectivity index (χ3v) is 5.12. The van der Waals surface area contributed by atoms with Crippen LogP contribution in [0.1, 0.15) is 25.3 Å². The number of hydrogen-bond donors (Lipinski definition) is 2. The van der Waals surface area contributed by atoms with E-state index < -0.39 is 0 Å². The molecule has 2 N–H and O–H groups in total. The van der Waals surface area contributed by atoms with Crippen LogP contribution in [0.5, 0.6) is 5.75 Å². The number of ether oxygens (including phenoxy) is 2. The minimum Gasteiger partial charge on any atom is -0.493 e. The second-order valence-electron chi connectivity index (χ2n) is 6.51. The van der Waals surface area contributed by atoms with Crippen LogP contribution >= 0.6 is 0 Å². The standard InChI is InChI=1S/C18H28N2O2/c1-2-22-18-6-4-3-5-16(18)15-19-9-7-17(8-10-19)20-11-13-21-14-12-20/h3-6,17H,2,7-15H2,1H3/p+2. The number of benzene rings is 1. The van der Waals surface area contributed by atoms with Crippen LogP contribution in [-0.2, 0) is 11.3 Å². The maximum Gasteiger partial charge on any atom is 0.128 e. The van der Waals surface area contributed by atoms with Gasteiger partial charge < -0.3 is 19.3 Å². The van der Waals surface area contributed by atoms with E-state index in [1.807, 2.05) is 0 Å². The van der Waals surface area contributed by atoms with Crippen LogP contribution in [-0.4, -0.2) is 52.0 Å². The summed E-state index contributed by atoms with van der Waals surface area (Å²) in [5.74, 6) is 1.07. The highest BCUT2D eigenvalue weighted by atomic mass is 16.5. The number of hydrogen-bond acceptors (Lipinski definition) is 2. The van der Waals surface area contributed by atoms with Crippen LogP contribution in [0.25, 0.3) is 0 Å². The Morgan fingerprint density at radius 1 is 1.09 bits per heavy atom. The van der Waals surface area contributed by atoms with E-state index in [1.54, 1.807) is 9.80 Å². The first-order valence-electron chi connectivity index (χ1n) is 8.83. The molecule has 4 nitrogen and oxygen atoms in total. The van der Waals surface area contributed by atoms with Gasteiger partial charge in [-0.05, 0) is 19.1 Å². The number of para-hydroxylation sites is 1. The molecule has 2 fully saturated rings. The number of likely N-dealkylation sites (tertiary alicyclic amines) is 1. The summed E-state index contributed by atoms with van der Waals surface area (Å²) in [5.41, 5.74) is 1.36. The Labute approximate surface area is 134 Å². The highest BCUT2D eigenvalue weighted by molar-refractivity contribution is 5.32. The lowest BCUT2D eigenvalue weighted by Gasteiger charge is -2.36. The SMILES string of the molecule is CCOc1ccccc1C[NH+]1CCC([NH+]2CCOCC2)CC1. The van der Waals surface area contributed by atoms with E-state index in [0.717, 1.165) is 38.2 Å². The van der Waals surface area contributed by atoms with Gasteiger partial charge in [0, 0.05) is 18.4 Å². The molecule has 0 spiro atoms. The van der Waals surface area contributed by atoms with E-state index in [2.05, 4.69) is 31.2 Å². The van der Waals surface area contributed by atoms with E-state index in [-0.39, 0.29) is 0 Å². The fourth-order valence-electron chi connectivity index (χ4n) is 3.87. The van der Waals surface area contributed by atoms with Crippen molar-refractivity contribution in [1.82, 2.24) is 0 Å². The summed E-state index contributed by atoms with van der Waals surface area (Å²) < 4.78 is 11.3. The molecule has 2 aliphatic heterocycles. The van der Waals surface area contributed by atoms with Crippen LogP contribution in [0, 0.1) is 0 Å². The van der Waals surface area contributed by atoms with Gasteiger partial charge in [-0.2, -0.15) is 0 Å². The quantitative estimate of drug-likeness (QED) is 0.771. The van der Waals surface area contributed by atoms with Crippen molar-refractivity contribution in [3.63, 3.8) is 0 Å². The number of morpholine rings is 1. The highest BCUT2D eigenvalue weighted by Crippen LogP contribution is 2.16. The van der Waals surface area contributed by atoms with Crippen molar-refractivity contribution in [2.24, 2.45) is 0 Å². The number of nitrogens with one attached hydrogen (secondary N) is 2. The molecule has 2 heterocycles. The molecule has 0 amide bonds. The molecule has 2 saturated heterocycles. The zero-order valence-corrected chi connectivity index (χ0v) is 13.8. The van der Waals surface area contributed by atoms with E-state index in [4.69, 9.17) is 9.47 Å². The number of quaternary nitrogens is 2. The summed E-state index contributed by atoms with van der Waals surface area (Å²) >= 11 is 0. The first kappa shape index (κ1) is 15.8. The summed E-state index contributed by atoms with van der Waals surface area (Å²) in [6.07, 6.45) is 2.70. The lowest BCUT2D eigenvalue weighted by atomic mass is 10.0. The van der Waals surface area contributed by atoms with Crippen LogP contribution in [0.15, 0.2) is 24.3 Å². The molecule has 22 heavy (non-hydrogen) atoms. The second-order valence-corrected chi connectivity index (χ2v) is 6.51. The van der Waals surface area contributed by atoms with Crippen molar-refractivity contribution < 1.29 is 19.3 Å². The van der Waals surface area contributed by atoms with E-state index in [0.29, 0.717) is 0 Å². The van der Waals surface area contributed by atoms with Gasteiger partial charge in [-0.3, -0.25) is 0 Å². The normalized spacial score (nSPS) is 26.8. The predicted molar refractivity (Wildman–Crippen MR) is 86.5 cm³/mol. The fourth-order valence-corrected chi connectivity index (χ4v) is 3.87. The molecule has 0 atom stereocenters. The Balaban J connectivity index is 1.51.